The number of carbonyl (C=O) groups excluding carboxylic acids is 1. The van der Waals surface area contributed by atoms with Crippen molar-refractivity contribution in [3.63, 3.8) is 0 Å². The SMILES string of the molecule is CCc1ccccc1C(=O)NOP(=O)(O)Cl. The third-order valence-corrected chi connectivity index (χ3v) is 2.42. The maximum absolute atomic E-state index is 11.5. The lowest BCUT2D eigenvalue weighted by Crippen LogP contribution is -2.23. The molecule has 0 aromatic heterocycles. The van der Waals surface area contributed by atoms with Crippen LogP contribution in [0.2, 0.25) is 0 Å². The van der Waals surface area contributed by atoms with Crippen LogP contribution >= 0.6 is 18.2 Å². The van der Waals surface area contributed by atoms with Gasteiger partial charge in [-0.25, -0.2) is 10.0 Å². The molecule has 0 heterocycles. The largest absolute Gasteiger partial charge is 0.442 e. The molecule has 0 aliphatic rings. The highest BCUT2D eigenvalue weighted by Crippen LogP contribution is 2.46. The predicted molar refractivity (Wildman–Crippen MR) is 60.0 cm³/mol. The lowest BCUT2D eigenvalue weighted by Gasteiger charge is -2.08. The van der Waals surface area contributed by atoms with Crippen molar-refractivity contribution in [3.8, 4) is 0 Å². The zero-order chi connectivity index (χ0) is 12.2. The molecule has 1 unspecified atom stereocenters. The molecule has 0 bridgehead atoms. The van der Waals surface area contributed by atoms with Crippen LogP contribution in [0.15, 0.2) is 24.3 Å². The van der Waals surface area contributed by atoms with Gasteiger partial charge in [0.15, 0.2) is 0 Å². The second kappa shape index (κ2) is 5.46. The summed E-state index contributed by atoms with van der Waals surface area (Å²) in [6.07, 6.45) is 0.668. The first-order valence-electron chi connectivity index (χ1n) is 4.53. The molecule has 16 heavy (non-hydrogen) atoms. The van der Waals surface area contributed by atoms with Crippen LogP contribution in [0.3, 0.4) is 0 Å². The average Bonchev–Trinajstić information content (AvgIpc) is 2.25. The van der Waals surface area contributed by atoms with E-state index in [1.807, 2.05) is 12.4 Å². The van der Waals surface area contributed by atoms with Gasteiger partial charge in [0.2, 0.25) is 0 Å². The maximum Gasteiger partial charge on any atom is 0.442 e. The van der Waals surface area contributed by atoms with Gasteiger partial charge in [-0.15, -0.1) is 0 Å². The molecular formula is C9H11ClNO4P. The van der Waals surface area contributed by atoms with Gasteiger partial charge in [0, 0.05) is 16.8 Å². The number of halogens is 1. The number of nitrogens with one attached hydrogen (secondary N) is 1. The molecule has 2 N–H and O–H groups in total. The number of carbonyl (C=O) groups is 1. The highest BCUT2D eigenvalue weighted by atomic mass is 35.7. The van der Waals surface area contributed by atoms with Gasteiger partial charge in [-0.05, 0) is 18.1 Å². The van der Waals surface area contributed by atoms with Crippen molar-refractivity contribution in [2.75, 3.05) is 0 Å². The Morgan fingerprint density at radius 1 is 1.56 bits per heavy atom. The molecule has 0 saturated carbocycles. The summed E-state index contributed by atoms with van der Waals surface area (Å²) in [5.41, 5.74) is 3.03. The third kappa shape index (κ3) is 3.94. The fraction of sp³-hybridized carbons (Fsp3) is 0.222. The Kier molecular flexibility index (Phi) is 4.50. The Hall–Kier alpha value is -0.870. The maximum atomic E-state index is 11.5. The van der Waals surface area contributed by atoms with E-state index in [1.54, 1.807) is 24.3 Å². The molecule has 1 aromatic carbocycles. The van der Waals surface area contributed by atoms with Gasteiger partial charge in [-0.3, -0.25) is 4.79 Å². The molecule has 0 aliphatic heterocycles. The molecule has 7 heteroatoms. The van der Waals surface area contributed by atoms with E-state index >= 15 is 0 Å². The Labute approximate surface area is 97.7 Å². The van der Waals surface area contributed by atoms with Crippen molar-refractivity contribution in [2.45, 2.75) is 13.3 Å². The minimum absolute atomic E-state index is 0.384. The number of hydroxylamine groups is 1. The number of aryl methyl sites for hydroxylation is 1. The second-order valence-electron chi connectivity index (χ2n) is 2.98. The van der Waals surface area contributed by atoms with Gasteiger partial charge in [0.1, 0.15) is 0 Å². The van der Waals surface area contributed by atoms with E-state index in [0.717, 1.165) is 5.56 Å². The van der Waals surface area contributed by atoms with Crippen LogP contribution in [-0.4, -0.2) is 10.8 Å². The monoisotopic (exact) mass is 263 g/mol. The molecule has 1 aromatic rings. The van der Waals surface area contributed by atoms with E-state index in [9.17, 15) is 9.36 Å². The molecule has 88 valence electrons. The van der Waals surface area contributed by atoms with E-state index in [2.05, 4.69) is 4.62 Å². The molecule has 1 amide bonds. The van der Waals surface area contributed by atoms with Gasteiger partial charge in [0.05, 0.1) is 0 Å². The molecule has 0 spiro atoms. The summed E-state index contributed by atoms with van der Waals surface area (Å²) in [6.45, 7) is -2.33. The number of amides is 1. The van der Waals surface area contributed by atoms with Gasteiger partial charge in [-0.2, -0.15) is 4.62 Å². The van der Waals surface area contributed by atoms with Crippen LogP contribution in [0, 0.1) is 0 Å². The smallest absolute Gasteiger partial charge is 0.311 e. The lowest BCUT2D eigenvalue weighted by molar-refractivity contribution is 0.0742. The summed E-state index contributed by atoms with van der Waals surface area (Å²) in [6, 6.07) is 6.87. The predicted octanol–water partition coefficient (Wildman–Crippen LogP) is 2.25. The first kappa shape index (κ1) is 13.2. The number of hydrogen-bond donors (Lipinski definition) is 2. The van der Waals surface area contributed by atoms with Crippen molar-refractivity contribution < 1.29 is 18.9 Å². The first-order valence-corrected chi connectivity index (χ1v) is 7.01. The zero-order valence-electron chi connectivity index (χ0n) is 8.51. The van der Waals surface area contributed by atoms with Crippen LogP contribution < -0.4 is 5.48 Å². The van der Waals surface area contributed by atoms with Crippen molar-refractivity contribution in [1.82, 2.24) is 5.48 Å². The lowest BCUT2D eigenvalue weighted by atomic mass is 10.1. The topological polar surface area (TPSA) is 75.6 Å². The van der Waals surface area contributed by atoms with E-state index in [1.165, 1.54) is 0 Å². The summed E-state index contributed by atoms with van der Waals surface area (Å²) < 4.78 is 14.7. The van der Waals surface area contributed by atoms with Crippen LogP contribution in [0.4, 0.5) is 0 Å². The van der Waals surface area contributed by atoms with Crippen LogP contribution in [0.5, 0.6) is 0 Å². The Morgan fingerprint density at radius 3 is 2.75 bits per heavy atom. The number of hydrogen-bond acceptors (Lipinski definition) is 3. The molecule has 5 nitrogen and oxygen atoms in total. The highest BCUT2D eigenvalue weighted by molar-refractivity contribution is 7.80. The molecule has 1 atom stereocenters. The van der Waals surface area contributed by atoms with E-state index in [-0.39, 0.29) is 0 Å². The van der Waals surface area contributed by atoms with Crippen LogP contribution in [-0.2, 0) is 15.6 Å². The fourth-order valence-electron chi connectivity index (χ4n) is 1.20. The summed E-state index contributed by atoms with van der Waals surface area (Å²) in [4.78, 5) is 20.2. The fourth-order valence-corrected chi connectivity index (χ4v) is 1.50. The summed E-state index contributed by atoms with van der Waals surface area (Å²) in [7, 11) is 0. The summed E-state index contributed by atoms with van der Waals surface area (Å²) >= 11 is 4.91. The number of rotatable bonds is 4. The second-order valence-corrected chi connectivity index (χ2v) is 5.35. The normalized spacial score (nSPS) is 14.2. The molecule has 0 fully saturated rings. The average molecular weight is 264 g/mol. The standard InChI is InChI=1S/C9H11ClNO4P/c1-2-7-5-3-4-6-8(7)9(12)11-15-16(10,13)14/h3-6H,2H2,1H3,(H,11,12)(H,13,14). The molecular weight excluding hydrogens is 253 g/mol. The van der Waals surface area contributed by atoms with Crippen LogP contribution in [0.1, 0.15) is 22.8 Å². The van der Waals surface area contributed by atoms with Gasteiger partial charge < -0.3 is 4.89 Å². The quantitative estimate of drug-likeness (QED) is 0.645. The first-order chi connectivity index (χ1) is 7.44. The highest BCUT2D eigenvalue weighted by Gasteiger charge is 2.18. The Bertz CT molecular complexity index is 431. The van der Waals surface area contributed by atoms with Crippen molar-refractivity contribution in [1.29, 1.82) is 0 Å². The minimum Gasteiger partial charge on any atom is -0.311 e. The van der Waals surface area contributed by atoms with Gasteiger partial charge in [-0.1, -0.05) is 25.1 Å². The van der Waals surface area contributed by atoms with Crippen LogP contribution in [0.25, 0.3) is 0 Å². The Balaban J connectivity index is 2.77. The van der Waals surface area contributed by atoms with Gasteiger partial charge in [0.25, 0.3) is 5.91 Å². The van der Waals surface area contributed by atoms with E-state index in [4.69, 9.17) is 16.1 Å². The molecule has 0 saturated heterocycles. The van der Waals surface area contributed by atoms with Crippen molar-refractivity contribution >= 4 is 24.1 Å². The van der Waals surface area contributed by atoms with Crippen molar-refractivity contribution in [2.24, 2.45) is 0 Å². The third-order valence-electron chi connectivity index (χ3n) is 1.89. The summed E-state index contributed by atoms with van der Waals surface area (Å²) in [5.74, 6) is -0.604. The molecule has 0 aliphatic carbocycles. The van der Waals surface area contributed by atoms with Gasteiger partial charge >= 0.3 is 6.95 Å². The zero-order valence-corrected chi connectivity index (χ0v) is 10.2. The molecule has 1 rings (SSSR count). The molecule has 0 radical (unpaired) electrons. The minimum atomic E-state index is -4.22. The van der Waals surface area contributed by atoms with E-state index < -0.39 is 12.9 Å². The van der Waals surface area contributed by atoms with Crippen molar-refractivity contribution in [3.05, 3.63) is 35.4 Å². The number of benzene rings is 1. The van der Waals surface area contributed by atoms with E-state index in [0.29, 0.717) is 12.0 Å². The Morgan fingerprint density at radius 2 is 2.19 bits per heavy atom. The summed E-state index contributed by atoms with van der Waals surface area (Å²) in [5, 5.41) is 0.